The quantitative estimate of drug-likeness (QED) is 0.848. The van der Waals surface area contributed by atoms with Gasteiger partial charge in [0.05, 0.1) is 0 Å². The van der Waals surface area contributed by atoms with E-state index in [0.29, 0.717) is 6.61 Å². The van der Waals surface area contributed by atoms with E-state index in [0.717, 1.165) is 18.4 Å². The largest absolute Gasteiger partial charge is 0.445 e. The Kier molecular flexibility index (Phi) is 5.01. The number of benzene rings is 1. The molecule has 0 aliphatic heterocycles. The molecule has 1 amide bonds. The fourth-order valence-electron chi connectivity index (χ4n) is 1.43. The SMILES string of the molecule is CCC(C)(CC)NC(=O)OCc1ccccc1. The highest BCUT2D eigenvalue weighted by atomic mass is 16.5. The Labute approximate surface area is 103 Å². The molecule has 1 N–H and O–H groups in total. The number of nitrogens with one attached hydrogen (secondary N) is 1. The summed E-state index contributed by atoms with van der Waals surface area (Å²) in [5.41, 5.74) is 0.825. The highest BCUT2D eigenvalue weighted by Crippen LogP contribution is 2.13. The summed E-state index contributed by atoms with van der Waals surface area (Å²) >= 11 is 0. The van der Waals surface area contributed by atoms with Crippen molar-refractivity contribution in [2.75, 3.05) is 0 Å². The van der Waals surface area contributed by atoms with Gasteiger partial charge in [0.25, 0.3) is 0 Å². The zero-order valence-corrected chi connectivity index (χ0v) is 10.8. The van der Waals surface area contributed by atoms with Crippen LogP contribution in [-0.2, 0) is 11.3 Å². The van der Waals surface area contributed by atoms with E-state index in [9.17, 15) is 4.79 Å². The molecule has 0 aliphatic carbocycles. The number of ether oxygens (including phenoxy) is 1. The van der Waals surface area contributed by atoms with Gasteiger partial charge in [-0.2, -0.15) is 0 Å². The Morgan fingerprint density at radius 1 is 1.24 bits per heavy atom. The summed E-state index contributed by atoms with van der Waals surface area (Å²) in [6, 6.07) is 9.67. The van der Waals surface area contributed by atoms with Crippen LogP contribution in [0.3, 0.4) is 0 Å². The lowest BCUT2D eigenvalue weighted by atomic mass is 9.96. The minimum Gasteiger partial charge on any atom is -0.445 e. The fraction of sp³-hybridized carbons (Fsp3) is 0.500. The van der Waals surface area contributed by atoms with Crippen LogP contribution >= 0.6 is 0 Å². The van der Waals surface area contributed by atoms with Crippen molar-refractivity contribution in [3.05, 3.63) is 35.9 Å². The molecule has 0 aromatic heterocycles. The highest BCUT2D eigenvalue weighted by molar-refractivity contribution is 5.68. The molecule has 0 atom stereocenters. The van der Waals surface area contributed by atoms with Crippen LogP contribution in [0.1, 0.15) is 39.2 Å². The first-order valence-corrected chi connectivity index (χ1v) is 6.08. The Balaban J connectivity index is 2.40. The third-order valence-corrected chi connectivity index (χ3v) is 3.18. The molecular formula is C14H21NO2. The minimum atomic E-state index is -0.347. The predicted molar refractivity (Wildman–Crippen MR) is 68.7 cm³/mol. The molecule has 0 spiro atoms. The summed E-state index contributed by atoms with van der Waals surface area (Å²) in [5.74, 6) is 0. The number of amides is 1. The van der Waals surface area contributed by atoms with Gasteiger partial charge in [0.15, 0.2) is 0 Å². The molecule has 0 heterocycles. The van der Waals surface area contributed by atoms with Crippen LogP contribution in [0.15, 0.2) is 30.3 Å². The Morgan fingerprint density at radius 2 is 1.82 bits per heavy atom. The van der Waals surface area contributed by atoms with Crippen molar-refractivity contribution >= 4 is 6.09 Å². The standard InChI is InChI=1S/C14H21NO2/c1-4-14(3,5-2)15-13(16)17-11-12-9-7-6-8-10-12/h6-10H,4-5,11H2,1-3H3,(H,15,16). The van der Waals surface area contributed by atoms with Gasteiger partial charge in [-0.1, -0.05) is 44.2 Å². The third-order valence-electron chi connectivity index (χ3n) is 3.18. The molecule has 0 unspecified atom stereocenters. The van der Waals surface area contributed by atoms with Gasteiger partial charge < -0.3 is 10.1 Å². The van der Waals surface area contributed by atoms with Crippen molar-refractivity contribution in [2.45, 2.75) is 45.8 Å². The number of carbonyl (C=O) groups is 1. The van der Waals surface area contributed by atoms with Gasteiger partial charge in [0.1, 0.15) is 6.61 Å². The molecule has 0 aliphatic rings. The lowest BCUT2D eigenvalue weighted by molar-refractivity contribution is 0.126. The molecular weight excluding hydrogens is 214 g/mol. The number of alkyl carbamates (subject to hydrolysis) is 1. The molecule has 0 saturated heterocycles. The second-order valence-corrected chi connectivity index (χ2v) is 4.45. The normalized spacial score (nSPS) is 11.0. The van der Waals surface area contributed by atoms with Crippen LogP contribution < -0.4 is 5.32 Å². The van der Waals surface area contributed by atoms with Crippen LogP contribution in [0.25, 0.3) is 0 Å². The van der Waals surface area contributed by atoms with Gasteiger partial charge in [-0.05, 0) is 25.3 Å². The molecule has 0 radical (unpaired) electrons. The summed E-state index contributed by atoms with van der Waals surface area (Å²) in [4.78, 5) is 11.6. The molecule has 1 rings (SSSR count). The van der Waals surface area contributed by atoms with Gasteiger partial charge in [-0.3, -0.25) is 0 Å². The van der Waals surface area contributed by atoms with Gasteiger partial charge in [0, 0.05) is 5.54 Å². The zero-order valence-electron chi connectivity index (χ0n) is 10.8. The van der Waals surface area contributed by atoms with Gasteiger partial charge in [-0.25, -0.2) is 4.79 Å². The van der Waals surface area contributed by atoms with Gasteiger partial charge in [-0.15, -0.1) is 0 Å². The number of carbonyl (C=O) groups excluding carboxylic acids is 1. The lowest BCUT2D eigenvalue weighted by Crippen LogP contribution is -2.45. The molecule has 0 saturated carbocycles. The average molecular weight is 235 g/mol. The second kappa shape index (κ2) is 6.28. The van der Waals surface area contributed by atoms with Gasteiger partial charge in [0.2, 0.25) is 0 Å². The summed E-state index contributed by atoms with van der Waals surface area (Å²) in [5, 5.41) is 2.90. The van der Waals surface area contributed by atoms with Crippen LogP contribution in [0.5, 0.6) is 0 Å². The molecule has 0 fully saturated rings. The topological polar surface area (TPSA) is 38.3 Å². The first kappa shape index (κ1) is 13.6. The minimum absolute atomic E-state index is 0.173. The lowest BCUT2D eigenvalue weighted by Gasteiger charge is -2.27. The van der Waals surface area contributed by atoms with E-state index in [1.165, 1.54) is 0 Å². The molecule has 0 bridgehead atoms. The summed E-state index contributed by atoms with van der Waals surface area (Å²) in [6.45, 7) is 6.45. The van der Waals surface area contributed by atoms with Crippen molar-refractivity contribution in [3.8, 4) is 0 Å². The first-order chi connectivity index (χ1) is 8.09. The van der Waals surface area contributed by atoms with E-state index in [-0.39, 0.29) is 11.6 Å². The maximum absolute atomic E-state index is 11.6. The van der Waals surface area contributed by atoms with E-state index in [4.69, 9.17) is 4.74 Å². The fourth-order valence-corrected chi connectivity index (χ4v) is 1.43. The zero-order chi connectivity index (χ0) is 12.7. The van der Waals surface area contributed by atoms with Crippen LogP contribution in [0.4, 0.5) is 4.79 Å². The van der Waals surface area contributed by atoms with Crippen LogP contribution in [0.2, 0.25) is 0 Å². The molecule has 17 heavy (non-hydrogen) atoms. The maximum atomic E-state index is 11.6. The van der Waals surface area contributed by atoms with Crippen molar-refractivity contribution in [2.24, 2.45) is 0 Å². The van der Waals surface area contributed by atoms with Crippen molar-refractivity contribution in [1.29, 1.82) is 0 Å². The van der Waals surface area contributed by atoms with Crippen LogP contribution in [-0.4, -0.2) is 11.6 Å². The number of rotatable bonds is 5. The summed E-state index contributed by atoms with van der Waals surface area (Å²) < 4.78 is 5.18. The Morgan fingerprint density at radius 3 is 2.35 bits per heavy atom. The highest BCUT2D eigenvalue weighted by Gasteiger charge is 2.22. The van der Waals surface area contributed by atoms with Crippen molar-refractivity contribution in [1.82, 2.24) is 5.32 Å². The van der Waals surface area contributed by atoms with E-state index >= 15 is 0 Å². The molecule has 3 nitrogen and oxygen atoms in total. The Hall–Kier alpha value is -1.51. The van der Waals surface area contributed by atoms with Gasteiger partial charge >= 0.3 is 6.09 Å². The summed E-state index contributed by atoms with van der Waals surface area (Å²) in [7, 11) is 0. The number of hydrogen-bond donors (Lipinski definition) is 1. The Bertz CT molecular complexity index is 344. The van der Waals surface area contributed by atoms with E-state index in [1.807, 2.05) is 37.3 Å². The monoisotopic (exact) mass is 235 g/mol. The second-order valence-electron chi connectivity index (χ2n) is 4.45. The third kappa shape index (κ3) is 4.47. The molecule has 1 aromatic rings. The van der Waals surface area contributed by atoms with E-state index in [2.05, 4.69) is 19.2 Å². The van der Waals surface area contributed by atoms with E-state index in [1.54, 1.807) is 0 Å². The number of hydrogen-bond acceptors (Lipinski definition) is 2. The van der Waals surface area contributed by atoms with E-state index < -0.39 is 0 Å². The van der Waals surface area contributed by atoms with Crippen molar-refractivity contribution < 1.29 is 9.53 Å². The molecule has 94 valence electrons. The predicted octanol–water partition coefficient (Wildman–Crippen LogP) is 3.49. The summed E-state index contributed by atoms with van der Waals surface area (Å²) in [6.07, 6.45) is 1.44. The van der Waals surface area contributed by atoms with Crippen molar-refractivity contribution in [3.63, 3.8) is 0 Å². The first-order valence-electron chi connectivity index (χ1n) is 6.08. The molecule has 1 aromatic carbocycles. The van der Waals surface area contributed by atoms with Crippen LogP contribution in [0, 0.1) is 0 Å². The smallest absolute Gasteiger partial charge is 0.407 e. The molecule has 3 heteroatoms. The maximum Gasteiger partial charge on any atom is 0.407 e. The average Bonchev–Trinajstić information content (AvgIpc) is 2.37.